The molecule has 0 bridgehead atoms. The van der Waals surface area contributed by atoms with Gasteiger partial charge in [0, 0.05) is 12.0 Å². The highest BCUT2D eigenvalue weighted by atomic mass is 19.4. The molecule has 0 aromatic heterocycles. The van der Waals surface area contributed by atoms with Crippen molar-refractivity contribution in [1.82, 2.24) is 0 Å². The Morgan fingerprint density at radius 1 is 1.13 bits per heavy atom. The highest BCUT2D eigenvalue weighted by Gasteiger charge is 2.35. The van der Waals surface area contributed by atoms with Gasteiger partial charge in [0.1, 0.15) is 0 Å². The molecule has 2 nitrogen and oxygen atoms in total. The van der Waals surface area contributed by atoms with Gasteiger partial charge in [0.2, 0.25) is 0 Å². The van der Waals surface area contributed by atoms with Crippen LogP contribution in [-0.4, -0.2) is 18.5 Å². The summed E-state index contributed by atoms with van der Waals surface area (Å²) in [5, 5.41) is 0. The fourth-order valence-corrected chi connectivity index (χ4v) is 0.572. The van der Waals surface area contributed by atoms with E-state index >= 15 is 0 Å². The molecule has 0 heterocycles. The van der Waals surface area contributed by atoms with Crippen molar-refractivity contribution in [2.75, 3.05) is 0 Å². The molecule has 88 valence electrons. The molecule has 0 unspecified atom stereocenters. The summed E-state index contributed by atoms with van der Waals surface area (Å²) in [4.78, 5) is 10.5. The summed E-state index contributed by atoms with van der Waals surface area (Å²) in [6.07, 6.45) is -12.1. The maximum absolute atomic E-state index is 11.6. The Hall–Kier alpha value is -1.21. The quantitative estimate of drug-likeness (QED) is 0.427. The first-order chi connectivity index (χ1) is 6.51. The molecule has 0 aromatic carbocycles. The SMILES string of the molecule is C=C(CCC(F)(F)F)C(=O)OC(F)(F)F. The zero-order valence-corrected chi connectivity index (χ0v) is 7.21. The third kappa shape index (κ3) is 7.83. The molecular weight excluding hydrogens is 230 g/mol. The molecule has 0 fully saturated rings. The van der Waals surface area contributed by atoms with Crippen molar-refractivity contribution in [2.45, 2.75) is 25.4 Å². The Morgan fingerprint density at radius 3 is 1.93 bits per heavy atom. The van der Waals surface area contributed by atoms with Crippen LogP contribution in [0.15, 0.2) is 12.2 Å². The van der Waals surface area contributed by atoms with Crippen molar-refractivity contribution >= 4 is 5.97 Å². The lowest BCUT2D eigenvalue weighted by atomic mass is 10.1. The molecule has 0 aliphatic heterocycles. The van der Waals surface area contributed by atoms with Gasteiger partial charge in [-0.1, -0.05) is 6.58 Å². The summed E-state index contributed by atoms with van der Waals surface area (Å²) in [6, 6.07) is 0. The van der Waals surface area contributed by atoms with Crippen molar-refractivity contribution in [3.63, 3.8) is 0 Å². The van der Waals surface area contributed by atoms with Gasteiger partial charge in [-0.2, -0.15) is 13.2 Å². The first kappa shape index (κ1) is 13.8. The lowest BCUT2D eigenvalue weighted by Crippen LogP contribution is -2.21. The predicted molar refractivity (Wildman–Crippen MR) is 36.6 cm³/mol. The van der Waals surface area contributed by atoms with Gasteiger partial charge < -0.3 is 4.74 Å². The van der Waals surface area contributed by atoms with E-state index < -0.39 is 36.9 Å². The second-order valence-electron chi connectivity index (χ2n) is 2.55. The highest BCUT2D eigenvalue weighted by molar-refractivity contribution is 5.87. The zero-order chi connectivity index (χ0) is 12.3. The Kier molecular flexibility index (Phi) is 4.17. The Balaban J connectivity index is 4.08. The predicted octanol–water partition coefficient (Wildman–Crippen LogP) is 2.95. The number of ether oxygens (including phenoxy) is 1. The molecule has 0 aliphatic rings. The van der Waals surface area contributed by atoms with Gasteiger partial charge in [0.05, 0.1) is 0 Å². The fraction of sp³-hybridized carbons (Fsp3) is 0.571. The lowest BCUT2D eigenvalue weighted by molar-refractivity contribution is -0.303. The minimum Gasteiger partial charge on any atom is -0.369 e. The normalized spacial score (nSPS) is 12.4. The number of hydrogen-bond acceptors (Lipinski definition) is 2. The number of hydrogen-bond donors (Lipinski definition) is 0. The number of carbonyl (C=O) groups is 1. The van der Waals surface area contributed by atoms with Gasteiger partial charge in [-0.15, -0.1) is 13.2 Å². The van der Waals surface area contributed by atoms with E-state index in [-0.39, 0.29) is 0 Å². The number of rotatable bonds is 3. The monoisotopic (exact) mass is 236 g/mol. The Bertz CT molecular complexity index is 251. The number of carbonyl (C=O) groups excluding carboxylic acids is 1. The van der Waals surface area contributed by atoms with E-state index in [0.717, 1.165) is 0 Å². The molecule has 0 spiro atoms. The third-order valence-electron chi connectivity index (χ3n) is 1.21. The summed E-state index contributed by atoms with van der Waals surface area (Å²) in [5.41, 5.74) is -0.871. The van der Waals surface area contributed by atoms with Crippen molar-refractivity contribution in [2.24, 2.45) is 0 Å². The van der Waals surface area contributed by atoms with Crippen LogP contribution >= 0.6 is 0 Å². The third-order valence-corrected chi connectivity index (χ3v) is 1.21. The summed E-state index contributed by atoms with van der Waals surface area (Å²) < 4.78 is 72.0. The van der Waals surface area contributed by atoms with E-state index in [2.05, 4.69) is 11.3 Å². The molecule has 0 saturated carbocycles. The highest BCUT2D eigenvalue weighted by Crippen LogP contribution is 2.25. The minimum absolute atomic E-state index is 0.871. The van der Waals surface area contributed by atoms with E-state index in [1.165, 1.54) is 0 Å². The Labute approximate surface area is 80.5 Å². The van der Waals surface area contributed by atoms with Gasteiger partial charge in [-0.25, -0.2) is 4.79 Å². The van der Waals surface area contributed by atoms with Gasteiger partial charge >= 0.3 is 18.5 Å². The first-order valence-electron chi connectivity index (χ1n) is 3.56. The van der Waals surface area contributed by atoms with E-state index in [9.17, 15) is 31.1 Å². The molecule has 0 N–H and O–H groups in total. The summed E-state index contributed by atoms with van der Waals surface area (Å²) in [6.45, 7) is 2.77. The number of alkyl halides is 6. The molecule has 8 heteroatoms. The fourth-order valence-electron chi connectivity index (χ4n) is 0.572. The average Bonchev–Trinajstić information content (AvgIpc) is 1.95. The molecule has 0 aromatic rings. The molecule has 0 aliphatic carbocycles. The largest absolute Gasteiger partial charge is 0.575 e. The van der Waals surface area contributed by atoms with Crippen LogP contribution in [0.1, 0.15) is 12.8 Å². The van der Waals surface area contributed by atoms with Crippen LogP contribution in [0.5, 0.6) is 0 Å². The number of esters is 1. The minimum atomic E-state index is -5.21. The molecule has 0 amide bonds. The van der Waals surface area contributed by atoms with E-state index in [1.807, 2.05) is 0 Å². The Morgan fingerprint density at radius 2 is 1.60 bits per heavy atom. The molecular formula is C7H6F6O2. The molecule has 15 heavy (non-hydrogen) atoms. The maximum Gasteiger partial charge on any atom is 0.575 e. The van der Waals surface area contributed by atoms with Crippen LogP contribution in [0, 0.1) is 0 Å². The van der Waals surface area contributed by atoms with Crippen LogP contribution in [0.3, 0.4) is 0 Å². The van der Waals surface area contributed by atoms with Crippen molar-refractivity contribution in [1.29, 1.82) is 0 Å². The van der Waals surface area contributed by atoms with Gasteiger partial charge in [0.25, 0.3) is 0 Å². The lowest BCUT2D eigenvalue weighted by Gasteiger charge is -2.09. The van der Waals surface area contributed by atoms with Gasteiger partial charge in [-0.05, 0) is 6.42 Å². The van der Waals surface area contributed by atoms with Gasteiger partial charge in [0.15, 0.2) is 0 Å². The smallest absolute Gasteiger partial charge is 0.369 e. The standard InChI is InChI=1S/C7H6F6O2/c1-4(2-3-6(8,9)10)5(14)15-7(11,12)13/h1-3H2. The first-order valence-corrected chi connectivity index (χ1v) is 3.56. The zero-order valence-electron chi connectivity index (χ0n) is 7.21. The van der Waals surface area contributed by atoms with Crippen LogP contribution in [-0.2, 0) is 9.53 Å². The molecule has 0 atom stereocenters. The van der Waals surface area contributed by atoms with E-state index in [0.29, 0.717) is 0 Å². The van der Waals surface area contributed by atoms with E-state index in [1.54, 1.807) is 0 Å². The van der Waals surface area contributed by atoms with Crippen molar-refractivity contribution in [3.05, 3.63) is 12.2 Å². The molecule has 0 saturated heterocycles. The topological polar surface area (TPSA) is 26.3 Å². The van der Waals surface area contributed by atoms with Crippen LogP contribution in [0.2, 0.25) is 0 Å². The number of halogens is 6. The van der Waals surface area contributed by atoms with Crippen molar-refractivity contribution < 1.29 is 35.9 Å². The summed E-state index contributed by atoms with van der Waals surface area (Å²) >= 11 is 0. The summed E-state index contributed by atoms with van der Waals surface area (Å²) in [7, 11) is 0. The second-order valence-corrected chi connectivity index (χ2v) is 2.55. The molecule has 0 rings (SSSR count). The van der Waals surface area contributed by atoms with E-state index in [4.69, 9.17) is 0 Å². The summed E-state index contributed by atoms with van der Waals surface area (Å²) in [5.74, 6) is -1.90. The maximum atomic E-state index is 11.6. The van der Waals surface area contributed by atoms with Crippen LogP contribution < -0.4 is 0 Å². The molecule has 0 radical (unpaired) electrons. The average molecular weight is 236 g/mol. The van der Waals surface area contributed by atoms with Gasteiger partial charge in [-0.3, -0.25) is 0 Å². The second kappa shape index (κ2) is 4.54. The van der Waals surface area contributed by atoms with Crippen LogP contribution in [0.25, 0.3) is 0 Å². The van der Waals surface area contributed by atoms with Crippen molar-refractivity contribution in [3.8, 4) is 0 Å². The van der Waals surface area contributed by atoms with Crippen LogP contribution in [0.4, 0.5) is 26.3 Å².